The van der Waals surface area contributed by atoms with Gasteiger partial charge in [0.25, 0.3) is 0 Å². The highest BCUT2D eigenvalue weighted by Gasteiger charge is 2.41. The van der Waals surface area contributed by atoms with Crippen molar-refractivity contribution in [2.24, 2.45) is 0 Å². The molecule has 0 aromatic heterocycles. The molecular formula is C7H12O3. The summed E-state index contributed by atoms with van der Waals surface area (Å²) in [6, 6.07) is 0. The van der Waals surface area contributed by atoms with Crippen LogP contribution in [-0.2, 0) is 9.62 Å². The molecule has 0 radical (unpaired) electrons. The molecule has 1 saturated heterocycles. The average molecular weight is 144 g/mol. The van der Waals surface area contributed by atoms with Crippen molar-refractivity contribution in [3.05, 3.63) is 12.7 Å². The Morgan fingerprint density at radius 3 is 2.90 bits per heavy atom. The number of ether oxygens (including phenoxy) is 1. The van der Waals surface area contributed by atoms with E-state index in [2.05, 4.69) is 11.5 Å². The van der Waals surface area contributed by atoms with Crippen LogP contribution in [0.25, 0.3) is 0 Å². The van der Waals surface area contributed by atoms with Crippen molar-refractivity contribution in [3.8, 4) is 0 Å². The van der Waals surface area contributed by atoms with E-state index in [1.54, 1.807) is 6.08 Å². The van der Waals surface area contributed by atoms with E-state index < -0.39 is 0 Å². The van der Waals surface area contributed by atoms with E-state index in [1.807, 2.05) is 6.92 Å². The fourth-order valence-corrected chi connectivity index (χ4v) is 0.830. The molecular weight excluding hydrogens is 132 g/mol. The molecule has 0 bridgehead atoms. The predicted octanol–water partition coefficient (Wildman–Crippen LogP) is 1.21. The Balaban J connectivity index is 2.27. The Morgan fingerprint density at radius 2 is 2.60 bits per heavy atom. The van der Waals surface area contributed by atoms with Crippen molar-refractivity contribution in [3.63, 3.8) is 0 Å². The molecule has 2 unspecified atom stereocenters. The number of hydrogen-bond acceptors (Lipinski definition) is 3. The Kier molecular flexibility index (Phi) is 2.08. The second kappa shape index (κ2) is 2.70. The van der Waals surface area contributed by atoms with Crippen LogP contribution in [-0.4, -0.2) is 23.6 Å². The minimum atomic E-state index is -0.299. The van der Waals surface area contributed by atoms with Gasteiger partial charge in [0.15, 0.2) is 0 Å². The summed E-state index contributed by atoms with van der Waals surface area (Å²) in [4.78, 5) is 4.12. The first-order valence-electron chi connectivity index (χ1n) is 3.27. The van der Waals surface area contributed by atoms with Crippen molar-refractivity contribution in [1.82, 2.24) is 0 Å². The average Bonchev–Trinajstić information content (AvgIpc) is 2.64. The molecule has 3 nitrogen and oxygen atoms in total. The molecule has 0 saturated carbocycles. The summed E-state index contributed by atoms with van der Waals surface area (Å²) in [6.45, 7) is 6.23. The van der Waals surface area contributed by atoms with Gasteiger partial charge in [0.05, 0.1) is 12.2 Å². The Bertz CT molecular complexity index is 129. The zero-order valence-corrected chi connectivity index (χ0v) is 6.04. The second-order valence-electron chi connectivity index (χ2n) is 2.82. The Labute approximate surface area is 60.2 Å². The van der Waals surface area contributed by atoms with Gasteiger partial charge >= 0.3 is 0 Å². The third-order valence-corrected chi connectivity index (χ3v) is 1.67. The predicted molar refractivity (Wildman–Crippen MR) is 36.7 cm³/mol. The summed E-state index contributed by atoms with van der Waals surface area (Å²) in [7, 11) is 0. The van der Waals surface area contributed by atoms with Gasteiger partial charge in [-0.1, -0.05) is 6.08 Å². The van der Waals surface area contributed by atoms with Crippen LogP contribution in [0.15, 0.2) is 12.7 Å². The minimum Gasteiger partial charge on any atom is -0.370 e. The first kappa shape index (κ1) is 7.72. The standard InChI is InChI=1S/C7H12O3/c1-3-6(10-8)4-7(2)5-9-7/h3,6,8H,1,4-5H2,2H3. The van der Waals surface area contributed by atoms with Gasteiger partial charge in [-0.15, -0.1) is 6.58 Å². The monoisotopic (exact) mass is 144 g/mol. The SMILES string of the molecule is C=CC(CC1(C)CO1)OO. The lowest BCUT2D eigenvalue weighted by Crippen LogP contribution is -2.17. The summed E-state index contributed by atoms with van der Waals surface area (Å²) < 4.78 is 5.09. The van der Waals surface area contributed by atoms with E-state index >= 15 is 0 Å². The maximum absolute atomic E-state index is 8.29. The molecule has 1 aliphatic rings. The largest absolute Gasteiger partial charge is 0.370 e. The van der Waals surface area contributed by atoms with E-state index in [1.165, 1.54) is 0 Å². The molecule has 0 amide bonds. The van der Waals surface area contributed by atoms with Gasteiger partial charge in [0, 0.05) is 6.42 Å². The van der Waals surface area contributed by atoms with Gasteiger partial charge in [-0.25, -0.2) is 4.89 Å². The normalized spacial score (nSPS) is 33.4. The molecule has 1 aliphatic heterocycles. The maximum Gasteiger partial charge on any atom is 0.113 e. The highest BCUT2D eigenvalue weighted by molar-refractivity contribution is 4.94. The van der Waals surface area contributed by atoms with Crippen LogP contribution in [0, 0.1) is 0 Å². The first-order valence-corrected chi connectivity index (χ1v) is 3.27. The van der Waals surface area contributed by atoms with E-state index in [0.717, 1.165) is 6.61 Å². The van der Waals surface area contributed by atoms with Gasteiger partial charge in [-0.05, 0) is 6.92 Å². The van der Waals surface area contributed by atoms with Gasteiger partial charge in [0.1, 0.15) is 6.10 Å². The summed E-state index contributed by atoms with van der Waals surface area (Å²) >= 11 is 0. The van der Waals surface area contributed by atoms with Crippen LogP contribution in [0.4, 0.5) is 0 Å². The molecule has 0 aliphatic carbocycles. The highest BCUT2D eigenvalue weighted by atomic mass is 17.1. The van der Waals surface area contributed by atoms with Gasteiger partial charge in [-0.3, -0.25) is 5.26 Å². The third kappa shape index (κ3) is 1.80. The Morgan fingerprint density at radius 1 is 2.00 bits per heavy atom. The van der Waals surface area contributed by atoms with Crippen LogP contribution < -0.4 is 0 Å². The minimum absolute atomic E-state index is 0.0818. The molecule has 0 aromatic rings. The lowest BCUT2D eigenvalue weighted by atomic mass is 10.1. The van der Waals surface area contributed by atoms with E-state index in [-0.39, 0.29) is 11.7 Å². The fraction of sp³-hybridized carbons (Fsp3) is 0.714. The number of hydrogen-bond donors (Lipinski definition) is 1. The molecule has 3 heteroatoms. The molecule has 10 heavy (non-hydrogen) atoms. The van der Waals surface area contributed by atoms with E-state index in [0.29, 0.717) is 6.42 Å². The van der Waals surface area contributed by atoms with Crippen LogP contribution in [0.3, 0.4) is 0 Å². The molecule has 0 aromatic carbocycles. The number of epoxide rings is 1. The van der Waals surface area contributed by atoms with Gasteiger partial charge in [0.2, 0.25) is 0 Å². The van der Waals surface area contributed by atoms with Gasteiger partial charge < -0.3 is 4.74 Å². The van der Waals surface area contributed by atoms with Crippen molar-refractivity contribution in [2.45, 2.75) is 25.0 Å². The van der Waals surface area contributed by atoms with Gasteiger partial charge in [-0.2, -0.15) is 0 Å². The molecule has 58 valence electrons. The summed E-state index contributed by atoms with van der Waals surface area (Å²) in [5.74, 6) is 0. The maximum atomic E-state index is 8.29. The van der Waals surface area contributed by atoms with Crippen molar-refractivity contribution < 1.29 is 14.9 Å². The molecule has 1 rings (SSSR count). The van der Waals surface area contributed by atoms with Crippen molar-refractivity contribution in [2.75, 3.05) is 6.61 Å². The topological polar surface area (TPSA) is 42.0 Å². The Hall–Kier alpha value is -0.380. The van der Waals surface area contributed by atoms with Crippen LogP contribution in [0.2, 0.25) is 0 Å². The van der Waals surface area contributed by atoms with Crippen LogP contribution in [0.5, 0.6) is 0 Å². The first-order chi connectivity index (χ1) is 4.70. The van der Waals surface area contributed by atoms with Crippen molar-refractivity contribution >= 4 is 0 Å². The molecule has 0 spiro atoms. The lowest BCUT2D eigenvalue weighted by Gasteiger charge is -2.09. The summed E-state index contributed by atoms with van der Waals surface area (Å²) in [5, 5.41) is 8.29. The zero-order chi connectivity index (χ0) is 7.61. The summed E-state index contributed by atoms with van der Waals surface area (Å²) in [6.07, 6.45) is 1.94. The molecule has 1 fully saturated rings. The molecule has 1 heterocycles. The fourth-order valence-electron chi connectivity index (χ4n) is 0.830. The second-order valence-corrected chi connectivity index (χ2v) is 2.82. The van der Waals surface area contributed by atoms with Crippen molar-refractivity contribution in [1.29, 1.82) is 0 Å². The molecule has 2 atom stereocenters. The summed E-state index contributed by atoms with van der Waals surface area (Å²) in [5.41, 5.74) is -0.0818. The van der Waals surface area contributed by atoms with E-state index in [9.17, 15) is 0 Å². The van der Waals surface area contributed by atoms with Crippen LogP contribution in [0.1, 0.15) is 13.3 Å². The molecule has 1 N–H and O–H groups in total. The highest BCUT2D eigenvalue weighted by Crippen LogP contribution is 2.31. The van der Waals surface area contributed by atoms with Crippen LogP contribution >= 0.6 is 0 Å². The smallest absolute Gasteiger partial charge is 0.113 e. The zero-order valence-electron chi connectivity index (χ0n) is 6.04. The third-order valence-electron chi connectivity index (χ3n) is 1.67. The van der Waals surface area contributed by atoms with E-state index in [4.69, 9.17) is 9.99 Å². The lowest BCUT2D eigenvalue weighted by molar-refractivity contribution is -0.268. The quantitative estimate of drug-likeness (QED) is 0.279. The number of rotatable bonds is 4.